The van der Waals surface area contributed by atoms with Gasteiger partial charge in [-0.25, -0.2) is 9.52 Å². The van der Waals surface area contributed by atoms with Crippen LogP contribution < -0.4 is 9.62 Å². The summed E-state index contributed by atoms with van der Waals surface area (Å²) in [6, 6.07) is 6.37. The van der Waals surface area contributed by atoms with E-state index in [-0.39, 0.29) is 5.97 Å². The monoisotopic (exact) mass is 250 g/mol. The molecule has 0 aromatic heterocycles. The predicted molar refractivity (Wildman–Crippen MR) is 67.1 cm³/mol. The summed E-state index contributed by atoms with van der Waals surface area (Å²) >= 11 is 1.62. The third kappa shape index (κ3) is 2.00. The van der Waals surface area contributed by atoms with Gasteiger partial charge in [-0.05, 0) is 43.0 Å². The number of esters is 1. The van der Waals surface area contributed by atoms with Crippen LogP contribution in [-0.4, -0.2) is 25.8 Å². The van der Waals surface area contributed by atoms with Gasteiger partial charge >= 0.3 is 5.97 Å². The summed E-state index contributed by atoms with van der Waals surface area (Å²) in [5, 5.41) is 0. The molecule has 0 bridgehead atoms. The highest BCUT2D eigenvalue weighted by molar-refractivity contribution is 7.97. The molecule has 0 radical (unpaired) electrons. The fourth-order valence-corrected chi connectivity index (χ4v) is 2.83. The molecule has 0 atom stereocenters. The van der Waals surface area contributed by atoms with Gasteiger partial charge < -0.3 is 9.64 Å². The first-order chi connectivity index (χ1) is 8.29. The SMILES string of the molecule is COC(=O)c1ccc2c(c1)N(C1CC1)CNS2. The largest absolute Gasteiger partial charge is 0.465 e. The van der Waals surface area contributed by atoms with Crippen molar-refractivity contribution >= 4 is 23.6 Å². The van der Waals surface area contributed by atoms with Gasteiger partial charge in [0.2, 0.25) is 0 Å². The number of benzene rings is 1. The molecule has 1 saturated carbocycles. The first-order valence-electron chi connectivity index (χ1n) is 5.68. The standard InChI is InChI=1S/C12H14N2O2S/c1-16-12(15)8-2-5-11-10(6-8)14(7-13-17-11)9-3-4-9/h2,5-6,9,13H,3-4,7H2,1H3. The molecule has 0 saturated heterocycles. The Hall–Kier alpha value is -1.20. The second-order valence-corrected chi connectivity index (χ2v) is 5.21. The van der Waals surface area contributed by atoms with Gasteiger partial charge in [-0.2, -0.15) is 0 Å². The Labute approximate surface area is 104 Å². The van der Waals surface area contributed by atoms with Gasteiger partial charge in [0, 0.05) is 10.9 Å². The van der Waals surface area contributed by atoms with Crippen LogP contribution in [0.1, 0.15) is 23.2 Å². The van der Waals surface area contributed by atoms with Crippen LogP contribution in [-0.2, 0) is 4.74 Å². The van der Waals surface area contributed by atoms with Gasteiger partial charge in [-0.3, -0.25) is 0 Å². The zero-order chi connectivity index (χ0) is 11.8. The van der Waals surface area contributed by atoms with E-state index in [4.69, 9.17) is 4.74 Å². The highest BCUT2D eigenvalue weighted by atomic mass is 32.2. The van der Waals surface area contributed by atoms with E-state index in [1.807, 2.05) is 18.2 Å². The van der Waals surface area contributed by atoms with E-state index in [0.29, 0.717) is 11.6 Å². The number of methoxy groups -OCH3 is 1. The minimum atomic E-state index is -0.271. The first-order valence-corrected chi connectivity index (χ1v) is 6.50. The number of ether oxygens (including phenoxy) is 1. The maximum atomic E-state index is 11.5. The van der Waals surface area contributed by atoms with Gasteiger partial charge in [0.25, 0.3) is 0 Å². The van der Waals surface area contributed by atoms with Crippen molar-refractivity contribution in [3.8, 4) is 0 Å². The van der Waals surface area contributed by atoms with Gasteiger partial charge in [-0.1, -0.05) is 0 Å². The summed E-state index contributed by atoms with van der Waals surface area (Å²) in [5.41, 5.74) is 1.78. The average molecular weight is 250 g/mol. The number of nitrogens with one attached hydrogen (secondary N) is 1. The third-order valence-corrected chi connectivity index (χ3v) is 3.93. The maximum Gasteiger partial charge on any atom is 0.337 e. The molecule has 0 amide bonds. The topological polar surface area (TPSA) is 41.6 Å². The van der Waals surface area contributed by atoms with Gasteiger partial charge in [0.05, 0.1) is 25.0 Å². The van der Waals surface area contributed by atoms with Crippen molar-refractivity contribution in [3.63, 3.8) is 0 Å². The number of carbonyl (C=O) groups excluding carboxylic acids is 1. The second kappa shape index (κ2) is 4.23. The molecule has 1 aliphatic heterocycles. The van der Waals surface area contributed by atoms with Crippen molar-refractivity contribution in [2.24, 2.45) is 0 Å². The normalized spacial score (nSPS) is 18.8. The van der Waals surface area contributed by atoms with Crippen LogP contribution in [0.25, 0.3) is 0 Å². The number of rotatable bonds is 2. The lowest BCUT2D eigenvalue weighted by Gasteiger charge is -2.31. The van der Waals surface area contributed by atoms with E-state index >= 15 is 0 Å². The van der Waals surface area contributed by atoms with Gasteiger partial charge in [0.1, 0.15) is 0 Å². The zero-order valence-electron chi connectivity index (χ0n) is 9.60. The van der Waals surface area contributed by atoms with E-state index < -0.39 is 0 Å². The molecule has 1 N–H and O–H groups in total. The Balaban J connectivity index is 1.98. The number of fused-ring (bicyclic) bond motifs is 1. The van der Waals surface area contributed by atoms with E-state index in [1.165, 1.54) is 24.8 Å². The number of anilines is 1. The molecule has 1 aromatic carbocycles. The van der Waals surface area contributed by atoms with Crippen molar-refractivity contribution in [1.82, 2.24) is 4.72 Å². The minimum Gasteiger partial charge on any atom is -0.465 e. The number of nitrogens with zero attached hydrogens (tertiary/aromatic N) is 1. The molecule has 1 heterocycles. The first kappa shape index (κ1) is 10.9. The van der Waals surface area contributed by atoms with Crippen LogP contribution >= 0.6 is 11.9 Å². The number of hydrogen-bond donors (Lipinski definition) is 1. The summed E-state index contributed by atoms with van der Waals surface area (Å²) in [5.74, 6) is -0.271. The van der Waals surface area contributed by atoms with Crippen molar-refractivity contribution in [2.45, 2.75) is 23.8 Å². The average Bonchev–Trinajstić information content (AvgIpc) is 3.20. The molecular weight excluding hydrogens is 236 g/mol. The number of hydrogen-bond acceptors (Lipinski definition) is 5. The Morgan fingerprint density at radius 1 is 1.53 bits per heavy atom. The van der Waals surface area contributed by atoms with E-state index in [2.05, 4.69) is 9.62 Å². The molecule has 2 aliphatic rings. The molecule has 1 aromatic rings. The summed E-state index contributed by atoms with van der Waals surface area (Å²) in [4.78, 5) is 15.0. The van der Waals surface area contributed by atoms with Crippen LogP contribution in [0.2, 0.25) is 0 Å². The van der Waals surface area contributed by atoms with Crippen LogP contribution in [0.15, 0.2) is 23.1 Å². The summed E-state index contributed by atoms with van der Waals surface area (Å²) in [7, 11) is 1.41. The lowest BCUT2D eigenvalue weighted by atomic mass is 10.2. The molecule has 90 valence electrons. The Bertz CT molecular complexity index is 460. The molecular formula is C12H14N2O2S. The second-order valence-electron chi connectivity index (χ2n) is 4.28. The fourth-order valence-electron chi connectivity index (χ4n) is 2.05. The molecule has 0 unspecified atom stereocenters. The van der Waals surface area contributed by atoms with E-state index in [9.17, 15) is 4.79 Å². The highest BCUT2D eigenvalue weighted by Crippen LogP contribution is 2.39. The lowest BCUT2D eigenvalue weighted by molar-refractivity contribution is 0.0600. The summed E-state index contributed by atoms with van der Waals surface area (Å²) in [6.07, 6.45) is 2.49. The van der Waals surface area contributed by atoms with E-state index in [1.54, 1.807) is 11.9 Å². The zero-order valence-corrected chi connectivity index (χ0v) is 10.4. The number of carbonyl (C=O) groups is 1. The van der Waals surface area contributed by atoms with Crippen molar-refractivity contribution in [2.75, 3.05) is 18.7 Å². The van der Waals surface area contributed by atoms with Crippen LogP contribution in [0.3, 0.4) is 0 Å². The van der Waals surface area contributed by atoms with Gasteiger partial charge in [-0.15, -0.1) is 0 Å². The van der Waals surface area contributed by atoms with Crippen molar-refractivity contribution < 1.29 is 9.53 Å². The lowest BCUT2D eigenvalue weighted by Crippen LogP contribution is -2.36. The maximum absolute atomic E-state index is 11.5. The van der Waals surface area contributed by atoms with Crippen LogP contribution in [0, 0.1) is 0 Å². The van der Waals surface area contributed by atoms with Crippen LogP contribution in [0.4, 0.5) is 5.69 Å². The van der Waals surface area contributed by atoms with Crippen molar-refractivity contribution in [1.29, 1.82) is 0 Å². The molecule has 17 heavy (non-hydrogen) atoms. The van der Waals surface area contributed by atoms with Crippen LogP contribution in [0.5, 0.6) is 0 Å². The molecule has 3 rings (SSSR count). The van der Waals surface area contributed by atoms with Gasteiger partial charge in [0.15, 0.2) is 0 Å². The Morgan fingerprint density at radius 3 is 3.06 bits per heavy atom. The Morgan fingerprint density at radius 2 is 2.35 bits per heavy atom. The fraction of sp³-hybridized carbons (Fsp3) is 0.417. The molecule has 4 nitrogen and oxygen atoms in total. The summed E-state index contributed by atoms with van der Waals surface area (Å²) < 4.78 is 8.06. The summed E-state index contributed by atoms with van der Waals surface area (Å²) in [6.45, 7) is 0.840. The predicted octanol–water partition coefficient (Wildman–Crippen LogP) is 2.01. The third-order valence-electron chi connectivity index (χ3n) is 3.09. The molecule has 1 fully saturated rings. The highest BCUT2D eigenvalue weighted by Gasteiger charge is 2.32. The molecule has 5 heteroatoms. The van der Waals surface area contributed by atoms with Crippen molar-refractivity contribution in [3.05, 3.63) is 23.8 Å². The molecule has 0 spiro atoms. The quantitative estimate of drug-likeness (QED) is 0.642. The minimum absolute atomic E-state index is 0.271. The Kier molecular flexibility index (Phi) is 2.72. The molecule has 1 aliphatic carbocycles. The smallest absolute Gasteiger partial charge is 0.337 e. The van der Waals surface area contributed by atoms with E-state index in [0.717, 1.165) is 12.4 Å².